The summed E-state index contributed by atoms with van der Waals surface area (Å²) in [6.07, 6.45) is 7.06. The molecule has 1 amide bonds. The number of piperazine rings is 1. The molecule has 0 saturated carbocycles. The van der Waals surface area contributed by atoms with E-state index in [2.05, 4.69) is 49.5 Å². The lowest BCUT2D eigenvalue weighted by molar-refractivity contribution is -0.128. The molecule has 0 spiro atoms. The SMILES string of the molecule is C=CC(=O)N1CCN(C2CCN(c3cc(Br)cn4ncc(C#N)c34)CC2)CC1. The van der Waals surface area contributed by atoms with Crippen molar-refractivity contribution in [2.75, 3.05) is 44.2 Å². The second kappa shape index (κ2) is 7.94. The van der Waals surface area contributed by atoms with Crippen LogP contribution in [0, 0.1) is 11.3 Å². The number of fused-ring (bicyclic) bond motifs is 1. The molecule has 4 rings (SSSR count). The first-order chi connectivity index (χ1) is 13.6. The van der Waals surface area contributed by atoms with Crippen LogP contribution in [0.1, 0.15) is 18.4 Å². The maximum atomic E-state index is 11.8. The van der Waals surface area contributed by atoms with E-state index < -0.39 is 0 Å². The van der Waals surface area contributed by atoms with Crippen molar-refractivity contribution in [2.45, 2.75) is 18.9 Å². The molecule has 2 aliphatic rings. The molecule has 0 N–H and O–H groups in total. The monoisotopic (exact) mass is 442 g/mol. The molecule has 0 aliphatic carbocycles. The summed E-state index contributed by atoms with van der Waals surface area (Å²) in [6.45, 7) is 8.86. The largest absolute Gasteiger partial charge is 0.370 e. The highest BCUT2D eigenvalue weighted by molar-refractivity contribution is 9.10. The quantitative estimate of drug-likeness (QED) is 0.681. The predicted octanol–water partition coefficient (Wildman–Crippen LogP) is 2.27. The van der Waals surface area contributed by atoms with Crippen LogP contribution in [0.3, 0.4) is 0 Å². The molecule has 0 radical (unpaired) electrons. The Labute approximate surface area is 172 Å². The lowest BCUT2D eigenvalue weighted by Crippen LogP contribution is -2.54. The molecule has 28 heavy (non-hydrogen) atoms. The molecule has 4 heterocycles. The topological polar surface area (TPSA) is 67.9 Å². The molecule has 0 atom stereocenters. The van der Waals surface area contributed by atoms with E-state index in [4.69, 9.17) is 0 Å². The summed E-state index contributed by atoms with van der Waals surface area (Å²) in [4.78, 5) is 18.5. The Balaban J connectivity index is 1.43. The lowest BCUT2D eigenvalue weighted by Gasteiger charge is -2.43. The Kier molecular flexibility index (Phi) is 5.38. The van der Waals surface area contributed by atoms with Gasteiger partial charge in [0.15, 0.2) is 0 Å². The van der Waals surface area contributed by atoms with Gasteiger partial charge in [0, 0.05) is 56.0 Å². The van der Waals surface area contributed by atoms with Crippen LogP contribution in [0.5, 0.6) is 0 Å². The van der Waals surface area contributed by atoms with Gasteiger partial charge in [0.1, 0.15) is 11.6 Å². The Morgan fingerprint density at radius 1 is 1.25 bits per heavy atom. The summed E-state index contributed by atoms with van der Waals surface area (Å²) in [5.74, 6) is 0.0299. The van der Waals surface area contributed by atoms with Gasteiger partial charge in [-0.1, -0.05) is 6.58 Å². The van der Waals surface area contributed by atoms with Crippen LogP contribution >= 0.6 is 15.9 Å². The van der Waals surface area contributed by atoms with Crippen LogP contribution in [0.2, 0.25) is 0 Å². The van der Waals surface area contributed by atoms with Crippen LogP contribution < -0.4 is 4.90 Å². The van der Waals surface area contributed by atoms with E-state index in [0.29, 0.717) is 11.6 Å². The smallest absolute Gasteiger partial charge is 0.246 e. The van der Waals surface area contributed by atoms with Crippen LogP contribution in [0.15, 0.2) is 35.6 Å². The lowest BCUT2D eigenvalue weighted by atomic mass is 10.0. The predicted molar refractivity (Wildman–Crippen MR) is 111 cm³/mol. The zero-order chi connectivity index (χ0) is 19.7. The van der Waals surface area contributed by atoms with Crippen molar-refractivity contribution in [3.8, 4) is 6.07 Å². The Bertz CT molecular complexity index is 932. The van der Waals surface area contributed by atoms with Crippen molar-refractivity contribution in [1.29, 1.82) is 5.26 Å². The van der Waals surface area contributed by atoms with E-state index in [1.165, 1.54) is 6.08 Å². The second-order valence-corrected chi connectivity index (χ2v) is 8.21. The van der Waals surface area contributed by atoms with E-state index in [9.17, 15) is 10.1 Å². The van der Waals surface area contributed by atoms with Gasteiger partial charge in [-0.2, -0.15) is 10.4 Å². The fraction of sp³-hybridized carbons (Fsp3) is 0.450. The molecule has 0 bridgehead atoms. The minimum atomic E-state index is 0.0299. The number of rotatable bonds is 3. The zero-order valence-corrected chi connectivity index (χ0v) is 17.3. The molecule has 8 heteroatoms. The normalized spacial score (nSPS) is 19.0. The van der Waals surface area contributed by atoms with E-state index in [-0.39, 0.29) is 5.91 Å². The minimum Gasteiger partial charge on any atom is -0.370 e. The molecule has 2 aromatic heterocycles. The molecule has 2 aliphatic heterocycles. The standard InChI is InChI=1S/C20H23BrN6O/c1-2-19(28)26-9-7-24(8-10-26)17-3-5-25(6-4-17)18-11-16(21)14-27-20(18)15(12-22)13-23-27/h2,11,13-14,17H,1,3-10H2. The summed E-state index contributed by atoms with van der Waals surface area (Å²) in [5.41, 5.74) is 2.54. The summed E-state index contributed by atoms with van der Waals surface area (Å²) in [5, 5.41) is 13.7. The third kappa shape index (κ3) is 3.52. The van der Waals surface area contributed by atoms with E-state index >= 15 is 0 Å². The number of piperidine rings is 1. The minimum absolute atomic E-state index is 0.0299. The number of amides is 1. The van der Waals surface area contributed by atoms with E-state index in [0.717, 1.165) is 67.8 Å². The molecular formula is C20H23BrN6O. The third-order valence-corrected chi connectivity index (χ3v) is 6.23. The zero-order valence-electron chi connectivity index (χ0n) is 15.7. The van der Waals surface area contributed by atoms with Crippen molar-refractivity contribution < 1.29 is 4.79 Å². The average Bonchev–Trinajstić information content (AvgIpc) is 3.15. The summed E-state index contributed by atoms with van der Waals surface area (Å²) < 4.78 is 2.73. The first-order valence-electron chi connectivity index (χ1n) is 9.58. The summed E-state index contributed by atoms with van der Waals surface area (Å²) in [7, 11) is 0. The highest BCUT2D eigenvalue weighted by atomic mass is 79.9. The Morgan fingerprint density at radius 3 is 2.61 bits per heavy atom. The molecule has 2 saturated heterocycles. The summed E-state index contributed by atoms with van der Waals surface area (Å²) in [6, 6.07) is 4.88. The Hall–Kier alpha value is -2.37. The van der Waals surface area contributed by atoms with Crippen molar-refractivity contribution >= 4 is 33.0 Å². The van der Waals surface area contributed by atoms with Crippen molar-refractivity contribution in [3.05, 3.63) is 41.2 Å². The number of nitrogens with zero attached hydrogens (tertiary/aromatic N) is 6. The molecule has 2 fully saturated rings. The number of carbonyl (C=O) groups is 1. The van der Waals surface area contributed by atoms with Gasteiger partial charge in [0.2, 0.25) is 5.91 Å². The molecule has 0 aromatic carbocycles. The third-order valence-electron chi connectivity index (χ3n) is 5.80. The number of aromatic nitrogens is 2. The summed E-state index contributed by atoms with van der Waals surface area (Å²) >= 11 is 3.56. The highest BCUT2D eigenvalue weighted by Gasteiger charge is 2.29. The number of anilines is 1. The number of carbonyl (C=O) groups excluding carboxylic acids is 1. The van der Waals surface area contributed by atoms with Gasteiger partial charge in [0.05, 0.1) is 17.4 Å². The first-order valence-corrected chi connectivity index (χ1v) is 10.4. The number of pyridine rings is 1. The van der Waals surface area contributed by atoms with Crippen LogP contribution in [0.4, 0.5) is 5.69 Å². The molecule has 146 valence electrons. The maximum Gasteiger partial charge on any atom is 0.246 e. The molecule has 7 nitrogen and oxygen atoms in total. The average molecular weight is 443 g/mol. The maximum absolute atomic E-state index is 11.8. The van der Waals surface area contributed by atoms with Crippen LogP contribution in [-0.2, 0) is 4.79 Å². The second-order valence-electron chi connectivity index (χ2n) is 7.29. The van der Waals surface area contributed by atoms with Crippen molar-refractivity contribution in [2.24, 2.45) is 0 Å². The highest BCUT2D eigenvalue weighted by Crippen LogP contribution is 2.31. The van der Waals surface area contributed by atoms with Gasteiger partial charge in [-0.3, -0.25) is 9.69 Å². The fourth-order valence-electron chi connectivity index (χ4n) is 4.30. The van der Waals surface area contributed by atoms with E-state index in [1.54, 1.807) is 10.7 Å². The molecule has 2 aromatic rings. The van der Waals surface area contributed by atoms with Crippen molar-refractivity contribution in [3.63, 3.8) is 0 Å². The van der Waals surface area contributed by atoms with Gasteiger partial charge in [-0.25, -0.2) is 4.52 Å². The number of hydrogen-bond acceptors (Lipinski definition) is 5. The van der Waals surface area contributed by atoms with E-state index in [1.807, 2.05) is 11.1 Å². The molecule has 0 unspecified atom stereocenters. The number of hydrogen-bond donors (Lipinski definition) is 0. The fourth-order valence-corrected chi connectivity index (χ4v) is 4.71. The van der Waals surface area contributed by atoms with Gasteiger partial charge in [-0.15, -0.1) is 0 Å². The van der Waals surface area contributed by atoms with Crippen molar-refractivity contribution in [1.82, 2.24) is 19.4 Å². The van der Waals surface area contributed by atoms with Crippen LogP contribution in [0.25, 0.3) is 5.52 Å². The van der Waals surface area contributed by atoms with Gasteiger partial charge in [-0.05, 0) is 40.9 Å². The Morgan fingerprint density at radius 2 is 1.96 bits per heavy atom. The number of nitriles is 1. The van der Waals surface area contributed by atoms with Gasteiger partial charge >= 0.3 is 0 Å². The van der Waals surface area contributed by atoms with Gasteiger partial charge in [0.25, 0.3) is 0 Å². The van der Waals surface area contributed by atoms with Gasteiger partial charge < -0.3 is 9.80 Å². The van der Waals surface area contributed by atoms with Crippen LogP contribution in [-0.4, -0.2) is 70.6 Å². The number of halogens is 1. The first kappa shape index (κ1) is 19.0. The molecular weight excluding hydrogens is 420 g/mol.